The standard InChI is InChI=1S/C9H12ClFN4/c1-9(2,4-12-3)15-8-6(11)7(10)13-5-14-8/h4-5H,1-3H3,(H,13,14,15)/b12-4-. The number of nitrogens with one attached hydrogen (secondary N) is 1. The quantitative estimate of drug-likeness (QED) is 0.640. The predicted molar refractivity (Wildman–Crippen MR) is 59.1 cm³/mol. The normalized spacial score (nSPS) is 12.1. The molecule has 1 heterocycles. The fraction of sp³-hybridized carbons (Fsp3) is 0.444. The zero-order valence-electron chi connectivity index (χ0n) is 8.75. The average molecular weight is 231 g/mol. The van der Waals surface area contributed by atoms with Gasteiger partial charge in [0.25, 0.3) is 0 Å². The highest BCUT2D eigenvalue weighted by atomic mass is 35.5. The summed E-state index contributed by atoms with van der Waals surface area (Å²) < 4.78 is 13.4. The van der Waals surface area contributed by atoms with E-state index in [1.165, 1.54) is 6.33 Å². The molecular formula is C9H12ClFN4. The molecule has 0 amide bonds. The second-order valence-corrected chi connectivity index (χ2v) is 3.92. The van der Waals surface area contributed by atoms with E-state index in [4.69, 9.17) is 11.6 Å². The zero-order valence-corrected chi connectivity index (χ0v) is 9.51. The molecule has 6 heteroatoms. The Labute approximate surface area is 92.6 Å². The predicted octanol–water partition coefficient (Wildman–Crippen LogP) is 2.16. The number of aliphatic imine (C=N–C) groups is 1. The van der Waals surface area contributed by atoms with E-state index in [0.717, 1.165) is 0 Å². The van der Waals surface area contributed by atoms with Crippen molar-refractivity contribution >= 4 is 23.6 Å². The van der Waals surface area contributed by atoms with E-state index in [1.807, 2.05) is 13.8 Å². The number of anilines is 1. The summed E-state index contributed by atoms with van der Waals surface area (Å²) in [5, 5.41) is 2.67. The zero-order chi connectivity index (χ0) is 11.5. The van der Waals surface area contributed by atoms with Gasteiger partial charge in [0.2, 0.25) is 5.82 Å². The van der Waals surface area contributed by atoms with Gasteiger partial charge in [0.1, 0.15) is 6.33 Å². The van der Waals surface area contributed by atoms with E-state index in [1.54, 1.807) is 13.3 Å². The van der Waals surface area contributed by atoms with Gasteiger partial charge < -0.3 is 5.32 Å². The van der Waals surface area contributed by atoms with Crippen molar-refractivity contribution in [3.63, 3.8) is 0 Å². The van der Waals surface area contributed by atoms with Crippen molar-refractivity contribution in [3.05, 3.63) is 17.3 Å². The number of hydrogen-bond donors (Lipinski definition) is 1. The Morgan fingerprint density at radius 3 is 2.80 bits per heavy atom. The maximum atomic E-state index is 13.4. The molecule has 0 unspecified atom stereocenters. The van der Waals surface area contributed by atoms with Gasteiger partial charge in [0, 0.05) is 13.3 Å². The molecule has 0 spiro atoms. The van der Waals surface area contributed by atoms with Crippen molar-refractivity contribution in [1.29, 1.82) is 0 Å². The molecule has 0 aliphatic rings. The SMILES string of the molecule is C/N=C\C(C)(C)Nc1ncnc(Cl)c1F. The van der Waals surface area contributed by atoms with Crippen LogP contribution in [0.1, 0.15) is 13.8 Å². The first-order valence-electron chi connectivity index (χ1n) is 4.34. The summed E-state index contributed by atoms with van der Waals surface area (Å²) in [5.74, 6) is -0.586. The Bertz CT molecular complexity index is 378. The molecule has 0 fully saturated rings. The third-order valence-electron chi connectivity index (χ3n) is 1.64. The fourth-order valence-electron chi connectivity index (χ4n) is 1.10. The molecule has 0 aromatic carbocycles. The Hall–Kier alpha value is -1.23. The van der Waals surface area contributed by atoms with Crippen LogP contribution in [-0.2, 0) is 0 Å². The fourth-order valence-corrected chi connectivity index (χ4v) is 1.23. The van der Waals surface area contributed by atoms with Crippen LogP contribution in [0, 0.1) is 5.82 Å². The lowest BCUT2D eigenvalue weighted by Crippen LogP contribution is -2.33. The smallest absolute Gasteiger partial charge is 0.202 e. The van der Waals surface area contributed by atoms with Gasteiger partial charge in [-0.1, -0.05) is 11.6 Å². The average Bonchev–Trinajstić information content (AvgIpc) is 2.12. The number of halogens is 2. The number of aromatic nitrogens is 2. The van der Waals surface area contributed by atoms with E-state index in [2.05, 4.69) is 20.3 Å². The summed E-state index contributed by atoms with van der Waals surface area (Å²) in [7, 11) is 1.65. The third kappa shape index (κ3) is 3.13. The summed E-state index contributed by atoms with van der Waals surface area (Å²) >= 11 is 5.52. The molecule has 0 atom stereocenters. The van der Waals surface area contributed by atoms with Gasteiger partial charge in [-0.05, 0) is 13.8 Å². The summed E-state index contributed by atoms with van der Waals surface area (Å²) in [6.07, 6.45) is 2.86. The van der Waals surface area contributed by atoms with Crippen LogP contribution in [0.25, 0.3) is 0 Å². The molecule has 82 valence electrons. The van der Waals surface area contributed by atoms with Gasteiger partial charge >= 0.3 is 0 Å². The summed E-state index contributed by atoms with van der Waals surface area (Å²) in [6, 6.07) is 0. The van der Waals surface area contributed by atoms with Gasteiger partial charge in [-0.3, -0.25) is 4.99 Å². The van der Waals surface area contributed by atoms with Gasteiger partial charge in [0.15, 0.2) is 11.0 Å². The van der Waals surface area contributed by atoms with Gasteiger partial charge in [0.05, 0.1) is 5.54 Å². The first-order valence-corrected chi connectivity index (χ1v) is 4.71. The molecule has 0 aliphatic carbocycles. The highest BCUT2D eigenvalue weighted by Crippen LogP contribution is 2.19. The minimum Gasteiger partial charge on any atom is -0.358 e. The van der Waals surface area contributed by atoms with Crippen molar-refractivity contribution in [3.8, 4) is 0 Å². The Balaban J connectivity index is 2.94. The van der Waals surface area contributed by atoms with Crippen LogP contribution in [0.15, 0.2) is 11.3 Å². The Kier molecular flexibility index (Phi) is 3.57. The van der Waals surface area contributed by atoms with E-state index < -0.39 is 11.4 Å². The van der Waals surface area contributed by atoms with E-state index >= 15 is 0 Å². The van der Waals surface area contributed by atoms with Crippen molar-refractivity contribution in [1.82, 2.24) is 9.97 Å². The lowest BCUT2D eigenvalue weighted by atomic mass is 10.1. The molecule has 4 nitrogen and oxygen atoms in total. The van der Waals surface area contributed by atoms with Crippen LogP contribution < -0.4 is 5.32 Å². The minimum atomic E-state index is -0.656. The van der Waals surface area contributed by atoms with Gasteiger partial charge in [-0.2, -0.15) is 4.39 Å². The minimum absolute atomic E-state index is 0.0694. The highest BCUT2D eigenvalue weighted by Gasteiger charge is 2.18. The number of hydrogen-bond acceptors (Lipinski definition) is 4. The molecule has 1 aromatic rings. The first kappa shape index (κ1) is 11.8. The van der Waals surface area contributed by atoms with Gasteiger partial charge in [-0.15, -0.1) is 0 Å². The monoisotopic (exact) mass is 230 g/mol. The van der Waals surface area contributed by atoms with E-state index in [9.17, 15) is 4.39 Å². The largest absolute Gasteiger partial charge is 0.358 e. The van der Waals surface area contributed by atoms with Crippen LogP contribution in [0.3, 0.4) is 0 Å². The molecule has 1 rings (SSSR count). The molecule has 0 bridgehead atoms. The maximum absolute atomic E-state index is 13.4. The van der Waals surface area contributed by atoms with Crippen LogP contribution in [0.4, 0.5) is 10.2 Å². The molecule has 1 N–H and O–H groups in total. The van der Waals surface area contributed by atoms with Crippen LogP contribution in [0.2, 0.25) is 5.15 Å². The second-order valence-electron chi connectivity index (χ2n) is 3.56. The van der Waals surface area contributed by atoms with Crippen molar-refractivity contribution in [2.75, 3.05) is 12.4 Å². The van der Waals surface area contributed by atoms with Crippen LogP contribution in [-0.4, -0.2) is 28.8 Å². The lowest BCUT2D eigenvalue weighted by molar-refractivity contribution is 0.610. The number of rotatable bonds is 3. The molecule has 0 saturated heterocycles. The molecule has 0 radical (unpaired) electrons. The summed E-state index contributed by atoms with van der Waals surface area (Å²) in [6.45, 7) is 3.69. The third-order valence-corrected chi connectivity index (χ3v) is 1.90. The van der Waals surface area contributed by atoms with E-state index in [-0.39, 0.29) is 11.0 Å². The molecule has 1 aromatic heterocycles. The second kappa shape index (κ2) is 4.53. The van der Waals surface area contributed by atoms with Gasteiger partial charge in [-0.25, -0.2) is 9.97 Å². The highest BCUT2D eigenvalue weighted by molar-refractivity contribution is 6.29. The lowest BCUT2D eigenvalue weighted by Gasteiger charge is -2.22. The summed E-state index contributed by atoms with van der Waals surface area (Å²) in [4.78, 5) is 11.2. The first-order chi connectivity index (χ1) is 6.96. The van der Waals surface area contributed by atoms with Crippen molar-refractivity contribution < 1.29 is 4.39 Å². The van der Waals surface area contributed by atoms with E-state index in [0.29, 0.717) is 0 Å². The molecule has 0 saturated carbocycles. The molecule has 15 heavy (non-hydrogen) atoms. The molecule has 0 aliphatic heterocycles. The van der Waals surface area contributed by atoms with Crippen LogP contribution >= 0.6 is 11.6 Å². The Morgan fingerprint density at radius 2 is 2.20 bits per heavy atom. The Morgan fingerprint density at radius 1 is 1.53 bits per heavy atom. The van der Waals surface area contributed by atoms with Crippen molar-refractivity contribution in [2.24, 2.45) is 4.99 Å². The summed E-state index contributed by atoms with van der Waals surface area (Å²) in [5.41, 5.74) is -0.493. The van der Waals surface area contributed by atoms with Crippen molar-refractivity contribution in [2.45, 2.75) is 19.4 Å². The molecular weight excluding hydrogens is 219 g/mol. The van der Waals surface area contributed by atoms with Crippen LogP contribution in [0.5, 0.6) is 0 Å². The maximum Gasteiger partial charge on any atom is 0.202 e. The topological polar surface area (TPSA) is 50.2 Å². The number of nitrogens with zero attached hydrogens (tertiary/aromatic N) is 3.